The third kappa shape index (κ3) is 6.78. The summed E-state index contributed by atoms with van der Waals surface area (Å²) in [5.74, 6) is -0.283. The zero-order chi connectivity index (χ0) is 10.3. The first kappa shape index (κ1) is 12.7. The average Bonchev–Trinajstić information content (AvgIpc) is 2.02. The van der Waals surface area contributed by atoms with Crippen LogP contribution in [0.5, 0.6) is 0 Å². The van der Waals surface area contributed by atoms with Crippen LogP contribution in [0.1, 0.15) is 13.8 Å². The van der Waals surface area contributed by atoms with Crippen LogP contribution in [-0.4, -0.2) is 30.1 Å². The number of ether oxygens (including phenoxy) is 2. The van der Waals surface area contributed by atoms with E-state index in [1.54, 1.807) is 19.9 Å². The predicted molar refractivity (Wildman–Crippen MR) is 55.0 cm³/mol. The molecule has 0 aromatic carbocycles. The fourth-order valence-corrected chi connectivity index (χ4v) is 0.646. The van der Waals surface area contributed by atoms with Gasteiger partial charge in [0, 0.05) is 0 Å². The van der Waals surface area contributed by atoms with Crippen molar-refractivity contribution in [3.8, 4) is 0 Å². The van der Waals surface area contributed by atoms with E-state index in [4.69, 9.17) is 9.47 Å². The molecule has 0 aliphatic rings. The van der Waals surface area contributed by atoms with Crippen molar-refractivity contribution in [1.29, 1.82) is 0 Å². The lowest BCUT2D eigenvalue weighted by atomic mass is 10.2. The Hall–Kier alpha value is -0.350. The summed E-state index contributed by atoms with van der Waals surface area (Å²) in [7, 11) is 0. The molecule has 0 bridgehead atoms. The maximum atomic E-state index is 11.2. The number of alkyl halides is 1. The number of hydrogen-bond acceptors (Lipinski definition) is 3. The minimum absolute atomic E-state index is 0.279. The van der Waals surface area contributed by atoms with Gasteiger partial charge in [-0.05, 0) is 13.8 Å². The van der Waals surface area contributed by atoms with Gasteiger partial charge in [-0.3, -0.25) is 4.79 Å². The van der Waals surface area contributed by atoms with E-state index in [1.165, 1.54) is 0 Å². The molecule has 0 aromatic heterocycles. The van der Waals surface area contributed by atoms with Crippen LogP contribution in [0, 0.1) is 0 Å². The number of carbonyl (C=O) groups is 1. The Kier molecular flexibility index (Phi) is 5.99. The first-order valence-electron chi connectivity index (χ1n) is 4.03. The van der Waals surface area contributed by atoms with Gasteiger partial charge in [0.2, 0.25) is 0 Å². The SMILES string of the molecule is C=CCOCCOC(=O)C(C)(C)Br. The number of rotatable bonds is 6. The molecule has 0 aromatic rings. The van der Waals surface area contributed by atoms with Gasteiger partial charge < -0.3 is 9.47 Å². The molecule has 4 heteroatoms. The fraction of sp³-hybridized carbons (Fsp3) is 0.667. The van der Waals surface area contributed by atoms with Crippen molar-refractivity contribution in [3.63, 3.8) is 0 Å². The third-order valence-electron chi connectivity index (χ3n) is 1.18. The van der Waals surface area contributed by atoms with E-state index in [0.717, 1.165) is 0 Å². The van der Waals surface area contributed by atoms with Gasteiger partial charge >= 0.3 is 5.97 Å². The monoisotopic (exact) mass is 250 g/mol. The highest BCUT2D eigenvalue weighted by Crippen LogP contribution is 2.17. The number of hydrogen-bond donors (Lipinski definition) is 0. The maximum absolute atomic E-state index is 11.2. The van der Waals surface area contributed by atoms with Crippen molar-refractivity contribution in [2.45, 2.75) is 18.2 Å². The van der Waals surface area contributed by atoms with Gasteiger partial charge in [0.25, 0.3) is 0 Å². The molecule has 0 unspecified atom stereocenters. The second-order valence-corrected chi connectivity index (χ2v) is 4.95. The summed E-state index contributed by atoms with van der Waals surface area (Å²) in [6, 6.07) is 0. The molecule has 0 N–H and O–H groups in total. The zero-order valence-corrected chi connectivity index (χ0v) is 9.59. The summed E-state index contributed by atoms with van der Waals surface area (Å²) < 4.78 is 9.32. The molecule has 0 fully saturated rings. The minimum Gasteiger partial charge on any atom is -0.462 e. The minimum atomic E-state index is -0.620. The number of esters is 1. The Morgan fingerprint density at radius 1 is 1.54 bits per heavy atom. The Morgan fingerprint density at radius 3 is 2.62 bits per heavy atom. The van der Waals surface area contributed by atoms with Crippen LogP contribution < -0.4 is 0 Å². The molecule has 0 saturated heterocycles. The van der Waals surface area contributed by atoms with E-state index < -0.39 is 4.32 Å². The van der Waals surface area contributed by atoms with Gasteiger partial charge in [0.05, 0.1) is 13.2 Å². The smallest absolute Gasteiger partial charge is 0.322 e. The van der Waals surface area contributed by atoms with Gasteiger partial charge in [0.15, 0.2) is 0 Å². The Bertz CT molecular complexity index is 172. The van der Waals surface area contributed by atoms with Crippen molar-refractivity contribution in [2.75, 3.05) is 19.8 Å². The molecule has 0 aliphatic heterocycles. The van der Waals surface area contributed by atoms with E-state index in [0.29, 0.717) is 13.2 Å². The molecule has 0 saturated carbocycles. The van der Waals surface area contributed by atoms with E-state index >= 15 is 0 Å². The second kappa shape index (κ2) is 6.16. The molecule has 0 spiro atoms. The molecule has 76 valence electrons. The standard InChI is InChI=1S/C9H15BrO3/c1-4-5-12-6-7-13-8(11)9(2,3)10/h4H,1,5-7H2,2-3H3. The van der Waals surface area contributed by atoms with Crippen LogP contribution in [-0.2, 0) is 14.3 Å². The lowest BCUT2D eigenvalue weighted by Gasteiger charge is -2.14. The molecule has 3 nitrogen and oxygen atoms in total. The zero-order valence-electron chi connectivity index (χ0n) is 8.01. The second-order valence-electron chi connectivity index (χ2n) is 2.97. The van der Waals surface area contributed by atoms with Crippen molar-refractivity contribution in [1.82, 2.24) is 0 Å². The first-order valence-corrected chi connectivity index (χ1v) is 4.82. The van der Waals surface area contributed by atoms with Crippen LogP contribution in [0.3, 0.4) is 0 Å². The highest BCUT2D eigenvalue weighted by Gasteiger charge is 2.24. The van der Waals surface area contributed by atoms with Crippen LogP contribution in [0.15, 0.2) is 12.7 Å². The van der Waals surface area contributed by atoms with Crippen LogP contribution in [0.25, 0.3) is 0 Å². The first-order chi connectivity index (χ1) is 5.98. The largest absolute Gasteiger partial charge is 0.462 e. The van der Waals surface area contributed by atoms with E-state index in [2.05, 4.69) is 22.5 Å². The summed E-state index contributed by atoms with van der Waals surface area (Å²) >= 11 is 3.20. The van der Waals surface area contributed by atoms with Gasteiger partial charge in [-0.15, -0.1) is 6.58 Å². The molecule has 0 heterocycles. The number of halogens is 1. The lowest BCUT2D eigenvalue weighted by molar-refractivity contribution is -0.146. The molecule has 0 aliphatic carbocycles. The van der Waals surface area contributed by atoms with Crippen molar-refractivity contribution in [3.05, 3.63) is 12.7 Å². The summed E-state index contributed by atoms with van der Waals surface area (Å²) in [4.78, 5) is 11.2. The maximum Gasteiger partial charge on any atom is 0.322 e. The van der Waals surface area contributed by atoms with E-state index in [9.17, 15) is 4.79 Å². The van der Waals surface area contributed by atoms with Gasteiger partial charge in [0.1, 0.15) is 10.9 Å². The van der Waals surface area contributed by atoms with Gasteiger partial charge in [-0.2, -0.15) is 0 Å². The van der Waals surface area contributed by atoms with Crippen LogP contribution in [0.4, 0.5) is 0 Å². The summed E-state index contributed by atoms with van der Waals surface area (Å²) in [6.07, 6.45) is 1.65. The predicted octanol–water partition coefficient (Wildman–Crippen LogP) is 1.91. The molecule has 0 radical (unpaired) electrons. The number of carbonyl (C=O) groups excluding carboxylic acids is 1. The lowest BCUT2D eigenvalue weighted by Crippen LogP contribution is -2.27. The Labute approximate surface area is 87.2 Å². The van der Waals surface area contributed by atoms with Crippen molar-refractivity contribution in [2.24, 2.45) is 0 Å². The molecular weight excluding hydrogens is 236 g/mol. The van der Waals surface area contributed by atoms with Gasteiger partial charge in [-0.25, -0.2) is 0 Å². The highest BCUT2D eigenvalue weighted by molar-refractivity contribution is 9.10. The average molecular weight is 251 g/mol. The van der Waals surface area contributed by atoms with E-state index in [1.807, 2.05) is 0 Å². The van der Waals surface area contributed by atoms with Crippen molar-refractivity contribution >= 4 is 21.9 Å². The Balaban J connectivity index is 3.43. The molecule has 13 heavy (non-hydrogen) atoms. The quantitative estimate of drug-likeness (QED) is 0.313. The third-order valence-corrected chi connectivity index (χ3v) is 1.51. The van der Waals surface area contributed by atoms with Crippen LogP contribution >= 0.6 is 15.9 Å². The molecule has 0 rings (SSSR count). The van der Waals surface area contributed by atoms with Crippen LogP contribution in [0.2, 0.25) is 0 Å². The molecular formula is C9H15BrO3. The van der Waals surface area contributed by atoms with E-state index in [-0.39, 0.29) is 12.6 Å². The van der Waals surface area contributed by atoms with Gasteiger partial charge in [-0.1, -0.05) is 22.0 Å². The fourth-order valence-electron chi connectivity index (χ4n) is 0.532. The molecule has 0 amide bonds. The molecule has 0 atom stereocenters. The normalized spacial score (nSPS) is 11.0. The topological polar surface area (TPSA) is 35.5 Å². The summed E-state index contributed by atoms with van der Waals surface area (Å²) in [5, 5.41) is 0. The summed E-state index contributed by atoms with van der Waals surface area (Å²) in [5.41, 5.74) is 0. The Morgan fingerprint density at radius 2 is 2.15 bits per heavy atom. The van der Waals surface area contributed by atoms with Crippen molar-refractivity contribution < 1.29 is 14.3 Å². The highest BCUT2D eigenvalue weighted by atomic mass is 79.9. The summed E-state index contributed by atoms with van der Waals surface area (Å²) in [6.45, 7) is 8.13.